The minimum atomic E-state index is -0.983. The summed E-state index contributed by atoms with van der Waals surface area (Å²) in [5, 5.41) is 4.88. The van der Waals surface area contributed by atoms with Gasteiger partial charge in [0.25, 0.3) is 11.5 Å². The molecular weight excluding hydrogens is 514 g/mol. The molecule has 4 aromatic rings. The van der Waals surface area contributed by atoms with E-state index in [0.717, 1.165) is 16.3 Å². The van der Waals surface area contributed by atoms with Crippen molar-refractivity contribution in [2.75, 3.05) is 13.2 Å². The standard InChI is InChI=1S/C30H31N3O7/c1-4-38-26(34)15-14-25(30(37)39-5-2)33-28(35)21-8-11-22(12-9-21)40-17-19-6-7-20-10-13-24-27(23(20)16-19)29(36)32-18(3)31-24/h6-13,16,25H,4-5,14-15,17H2,1-3H3,(H,33,35)(H,31,32,36)/t25-/m0/s1. The van der Waals surface area contributed by atoms with Crippen LogP contribution in [-0.2, 0) is 25.7 Å². The second kappa shape index (κ2) is 12.9. The van der Waals surface area contributed by atoms with Crippen LogP contribution >= 0.6 is 0 Å². The smallest absolute Gasteiger partial charge is 0.328 e. The van der Waals surface area contributed by atoms with Crippen molar-refractivity contribution in [2.45, 2.75) is 46.3 Å². The molecule has 1 amide bonds. The Kier molecular flexibility index (Phi) is 9.11. The molecular formula is C30H31N3O7. The van der Waals surface area contributed by atoms with E-state index in [0.29, 0.717) is 28.0 Å². The molecule has 3 aromatic carbocycles. The number of ether oxygens (including phenoxy) is 3. The number of hydrogen-bond donors (Lipinski definition) is 2. The minimum Gasteiger partial charge on any atom is -0.489 e. The van der Waals surface area contributed by atoms with Gasteiger partial charge in [0.2, 0.25) is 0 Å². The maximum absolute atomic E-state index is 12.8. The summed E-state index contributed by atoms with van der Waals surface area (Å²) in [5.41, 5.74) is 1.62. The maximum Gasteiger partial charge on any atom is 0.328 e. The van der Waals surface area contributed by atoms with Gasteiger partial charge in [0.1, 0.15) is 24.2 Å². The first-order valence-corrected chi connectivity index (χ1v) is 13.1. The van der Waals surface area contributed by atoms with Crippen LogP contribution in [0, 0.1) is 6.92 Å². The summed E-state index contributed by atoms with van der Waals surface area (Å²) in [6, 6.07) is 15.0. The number of hydrogen-bond acceptors (Lipinski definition) is 8. The molecule has 0 saturated heterocycles. The third-order valence-electron chi connectivity index (χ3n) is 6.21. The molecule has 0 aliphatic rings. The molecule has 1 atom stereocenters. The van der Waals surface area contributed by atoms with Crippen LogP contribution in [0.1, 0.15) is 48.4 Å². The SMILES string of the molecule is CCOC(=O)CC[C@H](NC(=O)c1ccc(OCc2ccc3ccc4nc(C)[nH]c(=O)c4c3c2)cc1)C(=O)OCC. The van der Waals surface area contributed by atoms with Crippen LogP contribution in [0.5, 0.6) is 5.75 Å². The first-order chi connectivity index (χ1) is 19.3. The van der Waals surface area contributed by atoms with Crippen LogP contribution in [0.4, 0.5) is 0 Å². The number of H-pyrrole nitrogens is 1. The van der Waals surface area contributed by atoms with Gasteiger partial charge in [-0.3, -0.25) is 14.4 Å². The van der Waals surface area contributed by atoms with Gasteiger partial charge in [-0.05, 0) is 79.9 Å². The summed E-state index contributed by atoms with van der Waals surface area (Å²) < 4.78 is 15.9. The molecule has 0 unspecified atom stereocenters. The van der Waals surface area contributed by atoms with Crippen LogP contribution in [0.15, 0.2) is 59.4 Å². The van der Waals surface area contributed by atoms with Gasteiger partial charge in [-0.1, -0.05) is 18.2 Å². The summed E-state index contributed by atoms with van der Waals surface area (Å²) in [4.78, 5) is 56.6. The van der Waals surface area contributed by atoms with Crippen molar-refractivity contribution in [3.63, 3.8) is 0 Å². The first-order valence-electron chi connectivity index (χ1n) is 13.1. The Labute approximate surface area is 230 Å². The van der Waals surface area contributed by atoms with Crippen LogP contribution in [0.25, 0.3) is 21.7 Å². The van der Waals surface area contributed by atoms with Gasteiger partial charge in [-0.15, -0.1) is 0 Å². The average molecular weight is 546 g/mol. The third-order valence-corrected chi connectivity index (χ3v) is 6.21. The predicted molar refractivity (Wildman–Crippen MR) is 149 cm³/mol. The van der Waals surface area contributed by atoms with Crippen LogP contribution < -0.4 is 15.6 Å². The number of fused-ring (bicyclic) bond motifs is 3. The van der Waals surface area contributed by atoms with E-state index >= 15 is 0 Å². The van der Waals surface area contributed by atoms with Gasteiger partial charge in [-0.25, -0.2) is 9.78 Å². The molecule has 0 fully saturated rings. The lowest BCUT2D eigenvalue weighted by atomic mass is 10.0. The lowest BCUT2D eigenvalue weighted by molar-refractivity contribution is -0.146. The Hall–Kier alpha value is -4.73. The normalized spacial score (nSPS) is 11.7. The topological polar surface area (TPSA) is 137 Å². The highest BCUT2D eigenvalue weighted by atomic mass is 16.5. The summed E-state index contributed by atoms with van der Waals surface area (Å²) in [6.07, 6.45) is 0.0344. The number of amides is 1. The highest BCUT2D eigenvalue weighted by Gasteiger charge is 2.24. The number of aromatic nitrogens is 2. The molecule has 0 saturated carbocycles. The van der Waals surface area contributed by atoms with Crippen molar-refractivity contribution in [1.82, 2.24) is 15.3 Å². The second-order valence-corrected chi connectivity index (χ2v) is 9.10. The largest absolute Gasteiger partial charge is 0.489 e. The highest BCUT2D eigenvalue weighted by Crippen LogP contribution is 2.24. The number of carbonyl (C=O) groups excluding carboxylic acids is 3. The fraction of sp³-hybridized carbons (Fsp3) is 0.300. The zero-order valence-electron chi connectivity index (χ0n) is 22.6. The van der Waals surface area contributed by atoms with Gasteiger partial charge in [0, 0.05) is 12.0 Å². The molecule has 10 heteroatoms. The monoisotopic (exact) mass is 545 g/mol. The van der Waals surface area contributed by atoms with Crippen molar-refractivity contribution in [3.8, 4) is 5.75 Å². The van der Waals surface area contributed by atoms with Crippen molar-refractivity contribution in [1.29, 1.82) is 0 Å². The first kappa shape index (κ1) is 28.3. The number of aromatic amines is 1. The van der Waals surface area contributed by atoms with E-state index in [-0.39, 0.29) is 38.2 Å². The van der Waals surface area contributed by atoms with Crippen LogP contribution in [-0.4, -0.2) is 47.1 Å². The van der Waals surface area contributed by atoms with Crippen LogP contribution in [0.3, 0.4) is 0 Å². The quantitative estimate of drug-likeness (QED) is 0.213. The summed E-state index contributed by atoms with van der Waals surface area (Å²) in [7, 11) is 0. The number of rotatable bonds is 11. The molecule has 208 valence electrons. The zero-order chi connectivity index (χ0) is 28.6. The molecule has 0 aliphatic carbocycles. The Morgan fingerprint density at radius 2 is 1.70 bits per heavy atom. The summed E-state index contributed by atoms with van der Waals surface area (Å²) in [6.45, 7) is 5.73. The lowest BCUT2D eigenvalue weighted by Gasteiger charge is -2.17. The number of carbonyl (C=O) groups is 3. The van der Waals surface area contributed by atoms with E-state index in [9.17, 15) is 19.2 Å². The molecule has 10 nitrogen and oxygen atoms in total. The van der Waals surface area contributed by atoms with Gasteiger partial charge in [0.15, 0.2) is 0 Å². The van der Waals surface area contributed by atoms with E-state index in [1.54, 1.807) is 45.0 Å². The molecule has 4 rings (SSSR count). The molecule has 0 aliphatic heterocycles. The molecule has 2 N–H and O–H groups in total. The molecule has 0 spiro atoms. The van der Waals surface area contributed by atoms with Gasteiger partial charge in [-0.2, -0.15) is 0 Å². The summed E-state index contributed by atoms with van der Waals surface area (Å²) >= 11 is 0. The van der Waals surface area contributed by atoms with Gasteiger partial charge in [0.05, 0.1) is 24.1 Å². The van der Waals surface area contributed by atoms with Crippen molar-refractivity contribution in [3.05, 3.63) is 81.9 Å². The van der Waals surface area contributed by atoms with E-state index in [2.05, 4.69) is 15.3 Å². The highest BCUT2D eigenvalue weighted by molar-refractivity contribution is 6.05. The molecule has 1 heterocycles. The van der Waals surface area contributed by atoms with Crippen molar-refractivity contribution in [2.24, 2.45) is 0 Å². The Morgan fingerprint density at radius 1 is 0.975 bits per heavy atom. The maximum atomic E-state index is 12.8. The second-order valence-electron chi connectivity index (χ2n) is 9.10. The fourth-order valence-corrected chi connectivity index (χ4v) is 4.31. The van der Waals surface area contributed by atoms with Gasteiger partial charge >= 0.3 is 11.9 Å². The predicted octanol–water partition coefficient (Wildman–Crippen LogP) is 3.97. The summed E-state index contributed by atoms with van der Waals surface area (Å²) in [5.74, 6) is -0.457. The average Bonchev–Trinajstić information content (AvgIpc) is 2.94. The Morgan fingerprint density at radius 3 is 2.42 bits per heavy atom. The van der Waals surface area contributed by atoms with E-state index < -0.39 is 23.9 Å². The number of nitrogens with one attached hydrogen (secondary N) is 2. The molecule has 0 bridgehead atoms. The van der Waals surface area contributed by atoms with Crippen molar-refractivity contribution < 1.29 is 28.6 Å². The van der Waals surface area contributed by atoms with E-state index in [1.165, 1.54) is 0 Å². The number of benzene rings is 3. The van der Waals surface area contributed by atoms with E-state index in [1.807, 2.05) is 30.3 Å². The third kappa shape index (κ3) is 6.82. The molecule has 0 radical (unpaired) electrons. The number of nitrogens with zero attached hydrogens (tertiary/aromatic N) is 1. The Balaban J connectivity index is 1.42. The number of esters is 2. The zero-order valence-corrected chi connectivity index (χ0v) is 22.6. The van der Waals surface area contributed by atoms with Crippen LogP contribution in [0.2, 0.25) is 0 Å². The number of aryl methyl sites for hydroxylation is 1. The molecule has 40 heavy (non-hydrogen) atoms. The van der Waals surface area contributed by atoms with Gasteiger partial charge < -0.3 is 24.5 Å². The lowest BCUT2D eigenvalue weighted by Crippen LogP contribution is -2.42. The Bertz CT molecular complexity index is 1600. The fourth-order valence-electron chi connectivity index (χ4n) is 4.31. The molecule has 1 aromatic heterocycles. The minimum absolute atomic E-state index is 0.0283. The van der Waals surface area contributed by atoms with Crippen molar-refractivity contribution >= 4 is 39.5 Å². The van der Waals surface area contributed by atoms with E-state index in [4.69, 9.17) is 14.2 Å².